The van der Waals surface area contributed by atoms with Crippen LogP contribution in [0.1, 0.15) is 18.4 Å². The Hall–Kier alpha value is -1.79. The van der Waals surface area contributed by atoms with Crippen LogP contribution in [-0.4, -0.2) is 70.5 Å². The molecule has 1 N–H and O–H groups in total. The minimum Gasteiger partial charge on any atom is -0.381 e. The third-order valence-electron chi connectivity index (χ3n) is 5.91. The van der Waals surface area contributed by atoms with E-state index in [4.69, 9.17) is 9.47 Å². The number of benzene rings is 1. The van der Waals surface area contributed by atoms with E-state index in [1.54, 1.807) is 0 Å². The highest BCUT2D eigenvalue weighted by Crippen LogP contribution is 2.38. The van der Waals surface area contributed by atoms with Crippen molar-refractivity contribution in [2.24, 2.45) is 10.4 Å². The smallest absolute Gasteiger partial charge is 0.193 e. The summed E-state index contributed by atoms with van der Waals surface area (Å²) in [5.74, 6) is 1.01. The average Bonchev–Trinajstić information content (AvgIpc) is 3.33. The zero-order valence-electron chi connectivity index (χ0n) is 15.7. The number of guanidine groups is 1. The summed E-state index contributed by atoms with van der Waals surface area (Å²) in [4.78, 5) is 9.35. The van der Waals surface area contributed by atoms with E-state index in [0.717, 1.165) is 65.1 Å². The number of nitrogens with one attached hydrogen (secondary N) is 1. The Kier molecular flexibility index (Phi) is 5.31. The molecular formula is C20H30N4O2. The lowest BCUT2D eigenvalue weighted by molar-refractivity contribution is 0.122. The number of ether oxygens (including phenoxy) is 2. The van der Waals surface area contributed by atoms with Gasteiger partial charge in [0.25, 0.3) is 0 Å². The Bertz CT molecular complexity index is 636. The molecule has 1 atom stereocenters. The average molecular weight is 358 g/mol. The van der Waals surface area contributed by atoms with Crippen molar-refractivity contribution in [1.29, 1.82) is 0 Å². The molecule has 1 aromatic carbocycles. The lowest BCUT2D eigenvalue weighted by Gasteiger charge is -2.31. The highest BCUT2D eigenvalue weighted by Gasteiger charge is 2.42. The number of aliphatic imine (C=N–C) groups is 1. The summed E-state index contributed by atoms with van der Waals surface area (Å²) in [5.41, 5.74) is 2.97. The van der Waals surface area contributed by atoms with E-state index in [1.807, 2.05) is 7.05 Å². The topological polar surface area (TPSA) is 49.3 Å². The third-order valence-corrected chi connectivity index (χ3v) is 5.91. The molecular weight excluding hydrogens is 328 g/mol. The fourth-order valence-electron chi connectivity index (χ4n) is 4.37. The molecule has 1 aromatic rings. The Balaban J connectivity index is 1.40. The summed E-state index contributed by atoms with van der Waals surface area (Å²) in [7, 11) is 1.88. The Morgan fingerprint density at radius 2 is 1.96 bits per heavy atom. The van der Waals surface area contributed by atoms with Gasteiger partial charge in [0, 0.05) is 57.5 Å². The molecule has 0 aromatic heterocycles. The molecule has 0 amide bonds. The van der Waals surface area contributed by atoms with Gasteiger partial charge >= 0.3 is 0 Å². The van der Waals surface area contributed by atoms with Crippen molar-refractivity contribution in [1.82, 2.24) is 10.2 Å². The van der Waals surface area contributed by atoms with Gasteiger partial charge in [-0.3, -0.25) is 4.99 Å². The van der Waals surface area contributed by atoms with Crippen molar-refractivity contribution in [3.8, 4) is 0 Å². The van der Waals surface area contributed by atoms with Gasteiger partial charge in [0.05, 0.1) is 19.8 Å². The van der Waals surface area contributed by atoms with Gasteiger partial charge in [0.2, 0.25) is 0 Å². The normalized spacial score (nSPS) is 26.7. The number of anilines is 1. The van der Waals surface area contributed by atoms with Crippen LogP contribution in [0.5, 0.6) is 0 Å². The number of hydrogen-bond acceptors (Lipinski definition) is 4. The van der Waals surface area contributed by atoms with Crippen molar-refractivity contribution >= 4 is 11.6 Å². The lowest BCUT2D eigenvalue weighted by Crippen LogP contribution is -2.41. The molecule has 0 radical (unpaired) electrons. The molecule has 0 saturated carbocycles. The first-order chi connectivity index (χ1) is 12.8. The molecule has 142 valence electrons. The van der Waals surface area contributed by atoms with Gasteiger partial charge in [-0.25, -0.2) is 0 Å². The lowest BCUT2D eigenvalue weighted by atomic mass is 9.87. The summed E-state index contributed by atoms with van der Waals surface area (Å²) in [6.07, 6.45) is 2.39. The molecule has 26 heavy (non-hydrogen) atoms. The Labute approximate surface area is 156 Å². The monoisotopic (exact) mass is 358 g/mol. The molecule has 3 saturated heterocycles. The van der Waals surface area contributed by atoms with E-state index in [-0.39, 0.29) is 0 Å². The van der Waals surface area contributed by atoms with E-state index < -0.39 is 0 Å². The van der Waals surface area contributed by atoms with Crippen LogP contribution in [-0.2, 0) is 16.0 Å². The molecule has 3 aliphatic heterocycles. The highest BCUT2D eigenvalue weighted by atomic mass is 16.5. The van der Waals surface area contributed by atoms with E-state index in [0.29, 0.717) is 5.41 Å². The van der Waals surface area contributed by atoms with Crippen LogP contribution in [0.25, 0.3) is 0 Å². The van der Waals surface area contributed by atoms with Gasteiger partial charge in [0.15, 0.2) is 5.96 Å². The number of rotatable bonds is 3. The van der Waals surface area contributed by atoms with Crippen molar-refractivity contribution < 1.29 is 9.47 Å². The second-order valence-electron chi connectivity index (χ2n) is 7.60. The molecule has 1 unspecified atom stereocenters. The number of nitrogens with zero attached hydrogens (tertiary/aromatic N) is 3. The van der Waals surface area contributed by atoms with E-state index in [1.165, 1.54) is 24.1 Å². The molecule has 6 heteroatoms. The van der Waals surface area contributed by atoms with Crippen molar-refractivity contribution in [3.05, 3.63) is 29.8 Å². The predicted molar refractivity (Wildman–Crippen MR) is 104 cm³/mol. The second kappa shape index (κ2) is 7.84. The summed E-state index contributed by atoms with van der Waals surface area (Å²) in [6.45, 7) is 8.25. The maximum absolute atomic E-state index is 5.65. The summed E-state index contributed by atoms with van der Waals surface area (Å²) in [5, 5.41) is 3.59. The van der Waals surface area contributed by atoms with Crippen LogP contribution < -0.4 is 10.2 Å². The molecule has 0 aliphatic carbocycles. The summed E-state index contributed by atoms with van der Waals surface area (Å²) >= 11 is 0. The van der Waals surface area contributed by atoms with Crippen molar-refractivity contribution in [2.75, 3.05) is 64.6 Å². The fourth-order valence-corrected chi connectivity index (χ4v) is 4.37. The van der Waals surface area contributed by atoms with Gasteiger partial charge in [-0.1, -0.05) is 18.2 Å². The first kappa shape index (κ1) is 17.6. The minimum atomic E-state index is 0.351. The van der Waals surface area contributed by atoms with Crippen molar-refractivity contribution in [3.63, 3.8) is 0 Å². The minimum absolute atomic E-state index is 0.351. The van der Waals surface area contributed by atoms with E-state index in [2.05, 4.69) is 44.4 Å². The molecule has 3 heterocycles. The summed E-state index contributed by atoms with van der Waals surface area (Å²) < 4.78 is 11.2. The SMILES string of the molecule is CN=C(NCc1ccccc1N1CCOCC1)N1CCC2(CCOC2)C1. The standard InChI is InChI=1S/C20H30N4O2/c1-21-19(24-8-6-20(15-24)7-11-26-16-20)22-14-17-4-2-3-5-18(17)23-9-12-25-13-10-23/h2-5H,6-16H2,1H3,(H,21,22). The molecule has 6 nitrogen and oxygen atoms in total. The first-order valence-electron chi connectivity index (χ1n) is 9.74. The number of likely N-dealkylation sites (tertiary alicyclic amines) is 1. The maximum atomic E-state index is 5.65. The van der Waals surface area contributed by atoms with Crippen LogP contribution in [0.2, 0.25) is 0 Å². The fraction of sp³-hybridized carbons (Fsp3) is 0.650. The molecule has 0 bridgehead atoms. The predicted octanol–water partition coefficient (Wildman–Crippen LogP) is 1.71. The highest BCUT2D eigenvalue weighted by molar-refractivity contribution is 5.80. The number of morpholine rings is 1. The van der Waals surface area contributed by atoms with Gasteiger partial charge in [-0.05, 0) is 24.5 Å². The molecule has 4 rings (SSSR count). The van der Waals surface area contributed by atoms with Crippen LogP contribution in [0, 0.1) is 5.41 Å². The van der Waals surface area contributed by atoms with Gasteiger partial charge in [-0.2, -0.15) is 0 Å². The largest absolute Gasteiger partial charge is 0.381 e. The van der Waals surface area contributed by atoms with Crippen LogP contribution >= 0.6 is 0 Å². The first-order valence-corrected chi connectivity index (χ1v) is 9.74. The van der Waals surface area contributed by atoms with E-state index in [9.17, 15) is 0 Å². The zero-order valence-corrected chi connectivity index (χ0v) is 15.7. The summed E-state index contributed by atoms with van der Waals surface area (Å²) in [6, 6.07) is 8.66. The van der Waals surface area contributed by atoms with Gasteiger partial charge in [0.1, 0.15) is 0 Å². The Morgan fingerprint density at radius 1 is 1.12 bits per heavy atom. The number of para-hydroxylation sites is 1. The van der Waals surface area contributed by atoms with Gasteiger partial charge < -0.3 is 24.6 Å². The molecule has 3 aliphatic rings. The number of hydrogen-bond donors (Lipinski definition) is 1. The van der Waals surface area contributed by atoms with Gasteiger partial charge in [-0.15, -0.1) is 0 Å². The van der Waals surface area contributed by atoms with Crippen LogP contribution in [0.15, 0.2) is 29.3 Å². The van der Waals surface area contributed by atoms with Crippen LogP contribution in [0.4, 0.5) is 5.69 Å². The van der Waals surface area contributed by atoms with E-state index >= 15 is 0 Å². The molecule has 1 spiro atoms. The zero-order chi connectivity index (χ0) is 17.8. The molecule has 3 fully saturated rings. The Morgan fingerprint density at radius 3 is 2.73 bits per heavy atom. The third kappa shape index (κ3) is 3.67. The second-order valence-corrected chi connectivity index (χ2v) is 7.60. The van der Waals surface area contributed by atoms with Crippen LogP contribution in [0.3, 0.4) is 0 Å². The quantitative estimate of drug-likeness (QED) is 0.659. The van der Waals surface area contributed by atoms with Crippen molar-refractivity contribution in [2.45, 2.75) is 19.4 Å². The maximum Gasteiger partial charge on any atom is 0.193 e.